The average molecular weight is 523 g/mol. The molecule has 1 atom stereocenters. The number of likely N-dealkylation sites (tertiary alicyclic amines) is 1. The third kappa shape index (κ3) is 5.62. The van der Waals surface area contributed by atoms with Gasteiger partial charge in [-0.05, 0) is 69.9 Å². The first-order valence-corrected chi connectivity index (χ1v) is 12.7. The highest BCUT2D eigenvalue weighted by molar-refractivity contribution is 6.46. The molecule has 1 saturated heterocycles. The third-order valence-electron chi connectivity index (χ3n) is 6.30. The van der Waals surface area contributed by atoms with Crippen molar-refractivity contribution >= 4 is 17.4 Å². The van der Waals surface area contributed by atoms with E-state index in [2.05, 4.69) is 6.58 Å². The summed E-state index contributed by atoms with van der Waals surface area (Å²) < 4.78 is 22.8. The maximum Gasteiger partial charge on any atom is 0.295 e. The van der Waals surface area contributed by atoms with Crippen molar-refractivity contribution in [3.63, 3.8) is 0 Å². The van der Waals surface area contributed by atoms with Gasteiger partial charge in [-0.1, -0.05) is 18.7 Å². The van der Waals surface area contributed by atoms with Crippen molar-refractivity contribution in [3.8, 4) is 23.0 Å². The van der Waals surface area contributed by atoms with Crippen molar-refractivity contribution in [2.75, 3.05) is 53.6 Å². The van der Waals surface area contributed by atoms with Crippen LogP contribution in [0.25, 0.3) is 5.76 Å². The summed E-state index contributed by atoms with van der Waals surface area (Å²) in [5.41, 5.74) is 1.00. The van der Waals surface area contributed by atoms with Gasteiger partial charge in [0.2, 0.25) is 0 Å². The highest BCUT2D eigenvalue weighted by Gasteiger charge is 2.46. The van der Waals surface area contributed by atoms with Crippen molar-refractivity contribution in [3.05, 3.63) is 65.8 Å². The van der Waals surface area contributed by atoms with E-state index in [1.807, 2.05) is 25.9 Å². The standard InChI is InChI=1S/C29H34N2O7/c1-5-14-36-21-10-8-19(17-23(21)35-6-2)26-25(28(33)29(34)31(26)13-7-12-30(3)4)27(32)20-9-11-22-24(18-20)38-16-15-37-22/h5,8-11,17-18,26,32H,1,6-7,12-16H2,2-4H3/b27-25-. The van der Waals surface area contributed by atoms with E-state index in [0.717, 1.165) is 6.54 Å². The van der Waals surface area contributed by atoms with Gasteiger partial charge in [-0.25, -0.2) is 0 Å². The molecule has 1 amide bonds. The lowest BCUT2D eigenvalue weighted by atomic mass is 9.94. The second kappa shape index (κ2) is 12.0. The van der Waals surface area contributed by atoms with Gasteiger partial charge in [0, 0.05) is 12.1 Å². The lowest BCUT2D eigenvalue weighted by molar-refractivity contribution is -0.139. The van der Waals surface area contributed by atoms with E-state index in [4.69, 9.17) is 18.9 Å². The van der Waals surface area contributed by atoms with Crippen LogP contribution in [0.3, 0.4) is 0 Å². The number of benzene rings is 2. The number of carbonyl (C=O) groups is 2. The number of rotatable bonds is 11. The molecule has 9 nitrogen and oxygen atoms in total. The van der Waals surface area contributed by atoms with E-state index < -0.39 is 17.7 Å². The Labute approximate surface area is 222 Å². The number of ketones is 1. The first-order valence-electron chi connectivity index (χ1n) is 12.7. The fourth-order valence-corrected chi connectivity index (χ4v) is 4.59. The number of Topliss-reactive ketones (excluding diaryl/α,β-unsaturated/α-hetero) is 1. The van der Waals surface area contributed by atoms with Gasteiger partial charge in [0.25, 0.3) is 11.7 Å². The summed E-state index contributed by atoms with van der Waals surface area (Å²) in [6.45, 7) is 8.13. The minimum atomic E-state index is -0.807. The third-order valence-corrected chi connectivity index (χ3v) is 6.30. The molecule has 1 fully saturated rings. The quantitative estimate of drug-likeness (QED) is 0.206. The number of aliphatic hydroxyl groups is 1. The predicted octanol–water partition coefficient (Wildman–Crippen LogP) is 3.79. The zero-order valence-electron chi connectivity index (χ0n) is 22.1. The molecule has 0 bridgehead atoms. The summed E-state index contributed by atoms with van der Waals surface area (Å²) in [6, 6.07) is 9.44. The lowest BCUT2D eigenvalue weighted by Crippen LogP contribution is -2.32. The van der Waals surface area contributed by atoms with Gasteiger partial charge in [-0.3, -0.25) is 9.59 Å². The van der Waals surface area contributed by atoms with Crippen LogP contribution in [0.1, 0.15) is 30.5 Å². The normalized spacial score (nSPS) is 18.1. The maximum absolute atomic E-state index is 13.4. The van der Waals surface area contributed by atoms with Gasteiger partial charge in [0.05, 0.1) is 18.2 Å². The SMILES string of the molecule is C=CCOc1ccc(C2/C(=C(/O)c3ccc4c(c3)OCCO4)C(=O)C(=O)N2CCCN(C)C)cc1OCC. The molecule has 2 heterocycles. The molecule has 2 aliphatic rings. The largest absolute Gasteiger partial charge is 0.507 e. The monoisotopic (exact) mass is 522 g/mol. The smallest absolute Gasteiger partial charge is 0.295 e. The minimum Gasteiger partial charge on any atom is -0.507 e. The van der Waals surface area contributed by atoms with Crippen molar-refractivity contribution in [1.29, 1.82) is 0 Å². The molecule has 0 aliphatic carbocycles. The first-order chi connectivity index (χ1) is 18.3. The number of aliphatic hydroxyl groups excluding tert-OH is 1. The molecular weight excluding hydrogens is 488 g/mol. The van der Waals surface area contributed by atoms with Crippen molar-refractivity contribution in [2.45, 2.75) is 19.4 Å². The molecule has 0 radical (unpaired) electrons. The van der Waals surface area contributed by atoms with Gasteiger partial charge in [0.1, 0.15) is 25.6 Å². The number of amides is 1. The number of hydrogen-bond acceptors (Lipinski definition) is 8. The molecule has 2 aliphatic heterocycles. The Morgan fingerprint density at radius 2 is 1.87 bits per heavy atom. The zero-order valence-corrected chi connectivity index (χ0v) is 22.1. The molecule has 38 heavy (non-hydrogen) atoms. The summed E-state index contributed by atoms with van der Waals surface area (Å²) >= 11 is 0. The van der Waals surface area contributed by atoms with Crippen LogP contribution in [0.15, 0.2) is 54.6 Å². The van der Waals surface area contributed by atoms with Crippen molar-refractivity contribution in [1.82, 2.24) is 9.80 Å². The topological polar surface area (TPSA) is 97.8 Å². The van der Waals surface area contributed by atoms with Crippen LogP contribution >= 0.6 is 0 Å². The van der Waals surface area contributed by atoms with Crippen LogP contribution in [0.5, 0.6) is 23.0 Å². The maximum atomic E-state index is 13.4. The van der Waals surface area contributed by atoms with Gasteiger partial charge in [-0.2, -0.15) is 0 Å². The molecule has 2 aromatic carbocycles. The van der Waals surface area contributed by atoms with E-state index in [1.54, 1.807) is 42.5 Å². The van der Waals surface area contributed by atoms with Gasteiger partial charge in [0.15, 0.2) is 23.0 Å². The van der Waals surface area contributed by atoms with Gasteiger partial charge in [-0.15, -0.1) is 0 Å². The number of ether oxygens (including phenoxy) is 4. The molecule has 202 valence electrons. The minimum absolute atomic E-state index is 0.0127. The Morgan fingerprint density at radius 1 is 1.11 bits per heavy atom. The summed E-state index contributed by atoms with van der Waals surface area (Å²) in [7, 11) is 3.90. The molecule has 0 saturated carbocycles. The van der Waals surface area contributed by atoms with Crippen LogP contribution in [0, 0.1) is 0 Å². The fourth-order valence-electron chi connectivity index (χ4n) is 4.59. The van der Waals surface area contributed by atoms with E-state index >= 15 is 0 Å². The van der Waals surface area contributed by atoms with Gasteiger partial charge < -0.3 is 33.9 Å². The zero-order chi connectivity index (χ0) is 27.2. The highest BCUT2D eigenvalue weighted by atomic mass is 16.6. The average Bonchev–Trinajstić information content (AvgIpc) is 3.16. The highest BCUT2D eigenvalue weighted by Crippen LogP contribution is 2.43. The van der Waals surface area contributed by atoms with E-state index in [-0.39, 0.29) is 11.3 Å². The number of fused-ring (bicyclic) bond motifs is 1. The van der Waals surface area contributed by atoms with Crippen molar-refractivity contribution in [2.24, 2.45) is 0 Å². The molecular formula is C29H34N2O7. The van der Waals surface area contributed by atoms with Crippen LogP contribution < -0.4 is 18.9 Å². The molecule has 0 spiro atoms. The second-order valence-electron chi connectivity index (χ2n) is 9.25. The summed E-state index contributed by atoms with van der Waals surface area (Å²) in [5, 5.41) is 11.4. The summed E-state index contributed by atoms with van der Waals surface area (Å²) in [6.07, 6.45) is 2.29. The summed E-state index contributed by atoms with van der Waals surface area (Å²) in [5.74, 6) is 0.363. The number of nitrogens with zero attached hydrogens (tertiary/aromatic N) is 2. The molecule has 2 aromatic rings. The number of hydrogen-bond donors (Lipinski definition) is 1. The molecule has 9 heteroatoms. The first kappa shape index (κ1) is 27.1. The van der Waals surface area contributed by atoms with Crippen LogP contribution in [0.4, 0.5) is 0 Å². The van der Waals surface area contributed by atoms with E-state index in [0.29, 0.717) is 73.5 Å². The Kier molecular flexibility index (Phi) is 8.58. The van der Waals surface area contributed by atoms with Crippen LogP contribution in [-0.2, 0) is 9.59 Å². The molecule has 1 unspecified atom stereocenters. The van der Waals surface area contributed by atoms with Gasteiger partial charge >= 0.3 is 0 Å². The Bertz CT molecular complexity index is 1240. The molecule has 0 aromatic heterocycles. The Morgan fingerprint density at radius 3 is 2.58 bits per heavy atom. The Balaban J connectivity index is 1.81. The Hall–Kier alpha value is -3.98. The fraction of sp³-hybridized carbons (Fsp3) is 0.379. The van der Waals surface area contributed by atoms with Crippen LogP contribution in [0.2, 0.25) is 0 Å². The number of carbonyl (C=O) groups excluding carboxylic acids is 2. The van der Waals surface area contributed by atoms with E-state index in [1.165, 1.54) is 4.90 Å². The molecule has 4 rings (SSSR count). The lowest BCUT2D eigenvalue weighted by Gasteiger charge is -2.26. The predicted molar refractivity (Wildman–Crippen MR) is 143 cm³/mol. The molecule has 1 N–H and O–H groups in total. The van der Waals surface area contributed by atoms with Crippen molar-refractivity contribution < 1.29 is 33.6 Å². The van der Waals surface area contributed by atoms with Crippen LogP contribution in [-0.4, -0.2) is 80.2 Å². The summed E-state index contributed by atoms with van der Waals surface area (Å²) in [4.78, 5) is 30.2. The second-order valence-corrected chi connectivity index (χ2v) is 9.25. The van der Waals surface area contributed by atoms with E-state index in [9.17, 15) is 14.7 Å².